The van der Waals surface area contributed by atoms with Crippen molar-refractivity contribution in [2.75, 3.05) is 10.6 Å². The lowest BCUT2D eigenvalue weighted by Gasteiger charge is -2.10. The molecular formula is C24H25ClN6S. The number of halogens is 1. The number of rotatable bonds is 6. The molecule has 0 unspecified atom stereocenters. The first kappa shape index (κ1) is 22.0. The van der Waals surface area contributed by atoms with E-state index in [9.17, 15) is 0 Å². The molecule has 0 bridgehead atoms. The lowest BCUT2D eigenvalue weighted by Crippen LogP contribution is -2.20. The van der Waals surface area contributed by atoms with Gasteiger partial charge in [-0.25, -0.2) is 0 Å². The number of hydrogen-bond donors (Lipinski definition) is 2. The first-order chi connectivity index (χ1) is 15.4. The molecule has 0 aliphatic carbocycles. The number of hydrogen-bond acceptors (Lipinski definition) is 3. The third-order valence-corrected chi connectivity index (χ3v) is 5.63. The number of nitrogens with one attached hydrogen (secondary N) is 2. The van der Waals surface area contributed by atoms with E-state index in [4.69, 9.17) is 23.8 Å². The quantitative estimate of drug-likeness (QED) is 0.365. The lowest BCUT2D eigenvalue weighted by atomic mass is 10.1. The van der Waals surface area contributed by atoms with Crippen LogP contribution >= 0.6 is 23.8 Å². The van der Waals surface area contributed by atoms with Gasteiger partial charge in [0.25, 0.3) is 0 Å². The van der Waals surface area contributed by atoms with Crippen LogP contribution in [0, 0.1) is 20.8 Å². The van der Waals surface area contributed by atoms with E-state index in [0.29, 0.717) is 24.0 Å². The summed E-state index contributed by atoms with van der Waals surface area (Å²) in [4.78, 5) is 0. The molecule has 0 saturated carbocycles. The average Bonchev–Trinajstić information content (AvgIpc) is 3.29. The molecule has 0 atom stereocenters. The van der Waals surface area contributed by atoms with Crippen LogP contribution in [0.3, 0.4) is 0 Å². The first-order valence-electron chi connectivity index (χ1n) is 10.3. The maximum absolute atomic E-state index is 5.95. The molecule has 32 heavy (non-hydrogen) atoms. The fourth-order valence-electron chi connectivity index (χ4n) is 3.57. The van der Waals surface area contributed by atoms with E-state index in [0.717, 1.165) is 27.7 Å². The Labute approximate surface area is 198 Å². The predicted octanol–water partition coefficient (Wildman–Crippen LogP) is 5.56. The number of nitrogens with zero attached hydrogens (tertiary/aromatic N) is 4. The molecule has 8 heteroatoms. The Morgan fingerprint density at radius 1 is 0.938 bits per heavy atom. The van der Waals surface area contributed by atoms with Gasteiger partial charge >= 0.3 is 0 Å². The van der Waals surface area contributed by atoms with Crippen molar-refractivity contribution >= 4 is 40.4 Å². The molecule has 6 nitrogen and oxygen atoms in total. The highest BCUT2D eigenvalue weighted by atomic mass is 35.5. The van der Waals surface area contributed by atoms with Gasteiger partial charge in [0.2, 0.25) is 0 Å². The Kier molecular flexibility index (Phi) is 6.58. The summed E-state index contributed by atoms with van der Waals surface area (Å²) < 4.78 is 3.85. The Morgan fingerprint density at radius 2 is 1.72 bits per heavy atom. The van der Waals surface area contributed by atoms with Gasteiger partial charge in [-0.1, -0.05) is 53.6 Å². The highest BCUT2D eigenvalue weighted by Gasteiger charge is 2.14. The summed E-state index contributed by atoms with van der Waals surface area (Å²) in [5, 5.41) is 16.9. The molecule has 2 aromatic heterocycles. The zero-order valence-corrected chi connectivity index (χ0v) is 19.8. The number of aromatic nitrogens is 4. The van der Waals surface area contributed by atoms with Gasteiger partial charge in [-0.3, -0.25) is 9.36 Å². The van der Waals surface area contributed by atoms with Crippen LogP contribution in [-0.4, -0.2) is 24.7 Å². The fraction of sp³-hybridized carbons (Fsp3) is 0.208. The third kappa shape index (κ3) is 5.36. The maximum atomic E-state index is 5.95. The summed E-state index contributed by atoms with van der Waals surface area (Å²) in [5.74, 6) is 0.680. The van der Waals surface area contributed by atoms with Crippen molar-refractivity contribution in [2.24, 2.45) is 0 Å². The minimum absolute atomic E-state index is 0.475. The minimum atomic E-state index is 0.475. The van der Waals surface area contributed by atoms with Crippen LogP contribution in [0.2, 0.25) is 5.02 Å². The average molecular weight is 465 g/mol. The van der Waals surface area contributed by atoms with Crippen LogP contribution in [0.25, 0.3) is 0 Å². The van der Waals surface area contributed by atoms with Crippen molar-refractivity contribution in [3.63, 3.8) is 0 Å². The highest BCUT2D eigenvalue weighted by Crippen LogP contribution is 2.21. The van der Waals surface area contributed by atoms with E-state index >= 15 is 0 Å². The van der Waals surface area contributed by atoms with E-state index in [-0.39, 0.29) is 0 Å². The van der Waals surface area contributed by atoms with Crippen molar-refractivity contribution in [3.05, 3.63) is 93.9 Å². The topological polar surface area (TPSA) is 59.7 Å². The molecule has 2 aromatic carbocycles. The van der Waals surface area contributed by atoms with Crippen molar-refractivity contribution < 1.29 is 0 Å². The number of benzene rings is 2. The monoisotopic (exact) mass is 464 g/mol. The van der Waals surface area contributed by atoms with E-state index in [1.54, 1.807) is 0 Å². The molecule has 0 saturated heterocycles. The Morgan fingerprint density at radius 3 is 2.47 bits per heavy atom. The predicted molar refractivity (Wildman–Crippen MR) is 135 cm³/mol. The Bertz CT molecular complexity index is 1240. The second kappa shape index (κ2) is 9.54. The number of anilines is 2. The molecule has 2 N–H and O–H groups in total. The summed E-state index contributed by atoms with van der Waals surface area (Å²) in [5.41, 5.74) is 6.42. The van der Waals surface area contributed by atoms with E-state index in [1.165, 1.54) is 11.1 Å². The highest BCUT2D eigenvalue weighted by molar-refractivity contribution is 7.80. The summed E-state index contributed by atoms with van der Waals surface area (Å²) >= 11 is 11.5. The van der Waals surface area contributed by atoms with Crippen molar-refractivity contribution in [1.82, 2.24) is 19.6 Å². The minimum Gasteiger partial charge on any atom is -0.329 e. The van der Waals surface area contributed by atoms with Gasteiger partial charge in [0.05, 0.1) is 30.2 Å². The van der Waals surface area contributed by atoms with Gasteiger partial charge in [-0.05, 0) is 56.2 Å². The van der Waals surface area contributed by atoms with E-state index in [2.05, 4.69) is 52.0 Å². The fourth-order valence-corrected chi connectivity index (χ4v) is 3.90. The Balaban J connectivity index is 1.39. The molecule has 2 heterocycles. The van der Waals surface area contributed by atoms with Crippen LogP contribution in [0.4, 0.5) is 11.5 Å². The Hall–Kier alpha value is -3.16. The first-order valence-corrected chi connectivity index (χ1v) is 11.1. The normalized spacial score (nSPS) is 10.9. The number of thiocarbonyl (C=S) groups is 1. The zero-order valence-electron chi connectivity index (χ0n) is 18.3. The molecule has 0 spiro atoms. The van der Waals surface area contributed by atoms with Gasteiger partial charge in [0, 0.05) is 17.3 Å². The summed E-state index contributed by atoms with van der Waals surface area (Å²) in [7, 11) is 0. The van der Waals surface area contributed by atoms with E-state index in [1.807, 2.05) is 59.7 Å². The molecule has 0 aliphatic heterocycles. The van der Waals surface area contributed by atoms with Crippen LogP contribution < -0.4 is 10.6 Å². The zero-order chi connectivity index (χ0) is 22.7. The third-order valence-electron chi connectivity index (χ3n) is 5.17. The smallest absolute Gasteiger partial charge is 0.176 e. The van der Waals surface area contributed by atoms with Crippen molar-refractivity contribution in [3.8, 4) is 0 Å². The van der Waals surface area contributed by atoms with Crippen LogP contribution in [0.5, 0.6) is 0 Å². The molecular weight excluding hydrogens is 440 g/mol. The summed E-state index contributed by atoms with van der Waals surface area (Å²) in [6.07, 6.45) is 1.91. The molecule has 4 rings (SSSR count). The van der Waals surface area contributed by atoms with Crippen LogP contribution in [-0.2, 0) is 13.1 Å². The molecule has 4 aromatic rings. The maximum Gasteiger partial charge on any atom is 0.176 e. The van der Waals surface area contributed by atoms with Crippen LogP contribution in [0.1, 0.15) is 28.1 Å². The molecule has 0 fully saturated rings. The molecule has 0 aliphatic rings. The summed E-state index contributed by atoms with van der Waals surface area (Å²) in [6.45, 7) is 7.49. The van der Waals surface area contributed by atoms with Crippen molar-refractivity contribution in [1.29, 1.82) is 0 Å². The van der Waals surface area contributed by atoms with Crippen molar-refractivity contribution in [2.45, 2.75) is 33.9 Å². The largest absolute Gasteiger partial charge is 0.329 e. The molecule has 0 amide bonds. The van der Waals surface area contributed by atoms with Gasteiger partial charge in [0.1, 0.15) is 0 Å². The van der Waals surface area contributed by atoms with Gasteiger partial charge in [-0.15, -0.1) is 0 Å². The van der Waals surface area contributed by atoms with Gasteiger partial charge < -0.3 is 10.6 Å². The van der Waals surface area contributed by atoms with Gasteiger partial charge in [-0.2, -0.15) is 10.2 Å². The second-order valence-corrected chi connectivity index (χ2v) is 8.64. The van der Waals surface area contributed by atoms with Crippen LogP contribution in [0.15, 0.2) is 60.8 Å². The number of aryl methyl sites for hydroxylation is 2. The summed E-state index contributed by atoms with van der Waals surface area (Å²) in [6, 6.07) is 18.1. The lowest BCUT2D eigenvalue weighted by molar-refractivity contribution is 0.659. The standard InChI is InChI=1S/C24H25ClN6S/c1-16-5-4-6-20(13-16)15-31-18(3)23(17(2)28-31)27-24(32)26-22-11-12-30(29-22)14-19-7-9-21(25)10-8-19/h4-13H,14-15H2,1-3H3,(H2,26,27,29,32). The van der Waals surface area contributed by atoms with E-state index < -0.39 is 0 Å². The molecule has 0 radical (unpaired) electrons. The second-order valence-electron chi connectivity index (χ2n) is 7.80. The molecule has 164 valence electrons. The SMILES string of the molecule is Cc1cccc(Cn2nc(C)c(NC(=S)Nc3ccn(Cc4ccc(Cl)cc4)n3)c2C)c1. The van der Waals surface area contributed by atoms with Gasteiger partial charge in [0.15, 0.2) is 10.9 Å².